The number of aryl methyl sites for hydroxylation is 2. The Morgan fingerprint density at radius 1 is 1.08 bits per heavy atom. The summed E-state index contributed by atoms with van der Waals surface area (Å²) in [4.78, 5) is 0. The number of anilines is 1. The molecular weight excluding hydrogens is 301 g/mol. The summed E-state index contributed by atoms with van der Waals surface area (Å²) in [5.74, 6) is 0.472. The second-order valence-electron chi connectivity index (χ2n) is 7.15. The number of aromatic nitrogens is 2. The average molecular weight is 333 g/mol. The smallest absolute Gasteiger partial charge is 0.156 e. The summed E-state index contributed by atoms with van der Waals surface area (Å²) in [7, 11) is 1.78. The van der Waals surface area contributed by atoms with Crippen LogP contribution in [0.3, 0.4) is 0 Å². The van der Waals surface area contributed by atoms with E-state index in [-0.39, 0.29) is 5.82 Å². The van der Waals surface area contributed by atoms with Gasteiger partial charge in [0.25, 0.3) is 0 Å². The van der Waals surface area contributed by atoms with Crippen LogP contribution in [0.5, 0.6) is 0 Å². The summed E-state index contributed by atoms with van der Waals surface area (Å²) in [6.45, 7) is 12.8. The van der Waals surface area contributed by atoms with Gasteiger partial charge in [-0.05, 0) is 43.4 Å². The molecule has 1 N–H and O–H groups in total. The molecule has 0 saturated heterocycles. The molecule has 0 aliphatic rings. The first-order valence-electron chi connectivity index (χ1n) is 8.86. The molecule has 0 fully saturated rings. The van der Waals surface area contributed by atoms with Crippen LogP contribution in [0.1, 0.15) is 64.6 Å². The van der Waals surface area contributed by atoms with Gasteiger partial charge in [0.1, 0.15) is 5.82 Å². The molecule has 3 nitrogen and oxygen atoms in total. The standard InChI is InChI=1S/C11H12FN3.C9H20/c1-6-4-9-8(5-10(6)12)7(2)14-15-11(9)13-3;1-5-7-8-9(3,4)6-2/h4-5H,1-3H3,(H,13,15);5-8H2,1-4H3. The van der Waals surface area contributed by atoms with Crippen LogP contribution in [0, 0.1) is 25.1 Å². The molecular formula is C20H32FN3. The molecule has 0 amide bonds. The Bertz CT molecular complexity index is 665. The number of nitrogens with one attached hydrogen (secondary N) is 1. The van der Waals surface area contributed by atoms with E-state index in [1.54, 1.807) is 20.0 Å². The zero-order valence-corrected chi connectivity index (χ0v) is 16.3. The van der Waals surface area contributed by atoms with E-state index in [1.807, 2.05) is 6.92 Å². The van der Waals surface area contributed by atoms with Gasteiger partial charge in [-0.2, -0.15) is 5.10 Å². The lowest BCUT2D eigenvalue weighted by atomic mass is 9.85. The molecule has 2 rings (SSSR count). The van der Waals surface area contributed by atoms with Gasteiger partial charge >= 0.3 is 0 Å². The summed E-state index contributed by atoms with van der Waals surface area (Å²) in [5, 5.41) is 12.6. The van der Waals surface area contributed by atoms with Crippen LogP contribution < -0.4 is 5.32 Å². The van der Waals surface area contributed by atoms with Gasteiger partial charge in [0, 0.05) is 17.8 Å². The van der Waals surface area contributed by atoms with Crippen molar-refractivity contribution >= 4 is 16.6 Å². The number of halogens is 1. The molecule has 0 bridgehead atoms. The minimum absolute atomic E-state index is 0.208. The van der Waals surface area contributed by atoms with Crippen LogP contribution in [0.4, 0.5) is 10.2 Å². The van der Waals surface area contributed by atoms with Crippen molar-refractivity contribution in [2.45, 2.75) is 67.2 Å². The highest BCUT2D eigenvalue weighted by molar-refractivity contribution is 5.93. The zero-order valence-electron chi connectivity index (χ0n) is 16.3. The fourth-order valence-electron chi connectivity index (χ4n) is 2.43. The van der Waals surface area contributed by atoms with E-state index < -0.39 is 0 Å². The Kier molecular flexibility index (Phi) is 7.59. The van der Waals surface area contributed by atoms with E-state index in [0.717, 1.165) is 16.5 Å². The van der Waals surface area contributed by atoms with Gasteiger partial charge in [-0.15, -0.1) is 5.10 Å². The van der Waals surface area contributed by atoms with Gasteiger partial charge in [-0.1, -0.05) is 47.0 Å². The highest BCUT2D eigenvalue weighted by Gasteiger charge is 2.12. The molecule has 4 heteroatoms. The van der Waals surface area contributed by atoms with E-state index in [2.05, 4.69) is 43.2 Å². The minimum Gasteiger partial charge on any atom is -0.371 e. The third-order valence-corrected chi connectivity index (χ3v) is 4.64. The second kappa shape index (κ2) is 8.95. The number of benzene rings is 1. The molecule has 134 valence electrons. The summed E-state index contributed by atoms with van der Waals surface area (Å²) in [6.07, 6.45) is 5.43. The van der Waals surface area contributed by atoms with Crippen LogP contribution >= 0.6 is 0 Å². The Morgan fingerprint density at radius 3 is 2.29 bits per heavy atom. The first kappa shape index (κ1) is 20.3. The largest absolute Gasteiger partial charge is 0.371 e. The van der Waals surface area contributed by atoms with E-state index >= 15 is 0 Å². The normalized spacial score (nSPS) is 11.2. The monoisotopic (exact) mass is 333 g/mol. The van der Waals surface area contributed by atoms with Gasteiger partial charge in [-0.3, -0.25) is 0 Å². The minimum atomic E-state index is -0.208. The van der Waals surface area contributed by atoms with Crippen molar-refractivity contribution in [2.75, 3.05) is 12.4 Å². The van der Waals surface area contributed by atoms with Crippen molar-refractivity contribution in [3.63, 3.8) is 0 Å². The van der Waals surface area contributed by atoms with Gasteiger partial charge in [0.05, 0.1) is 5.69 Å². The molecule has 24 heavy (non-hydrogen) atoms. The number of hydrogen-bond donors (Lipinski definition) is 1. The Morgan fingerprint density at radius 2 is 1.75 bits per heavy atom. The summed E-state index contributed by atoms with van der Waals surface area (Å²) >= 11 is 0. The maximum absolute atomic E-state index is 13.4. The molecule has 1 heterocycles. The predicted octanol–water partition coefficient (Wildman–Crippen LogP) is 6.04. The second-order valence-corrected chi connectivity index (χ2v) is 7.15. The summed E-state index contributed by atoms with van der Waals surface area (Å²) < 4.78 is 13.4. The number of rotatable bonds is 5. The van der Waals surface area contributed by atoms with Crippen molar-refractivity contribution in [3.05, 3.63) is 29.2 Å². The third-order valence-electron chi connectivity index (χ3n) is 4.64. The van der Waals surface area contributed by atoms with Crippen molar-refractivity contribution in [1.82, 2.24) is 10.2 Å². The SMILES string of the molecule is CCCCC(C)(C)CC.CNc1nnc(C)c2cc(F)c(C)cc12. The fraction of sp³-hybridized carbons (Fsp3) is 0.600. The lowest BCUT2D eigenvalue weighted by Crippen LogP contribution is -2.08. The van der Waals surface area contributed by atoms with Crippen LogP contribution in [0.25, 0.3) is 10.8 Å². The molecule has 0 unspecified atom stereocenters. The Hall–Kier alpha value is -1.71. The van der Waals surface area contributed by atoms with E-state index in [1.165, 1.54) is 31.7 Å². The number of hydrogen-bond acceptors (Lipinski definition) is 3. The van der Waals surface area contributed by atoms with E-state index in [0.29, 0.717) is 16.8 Å². The van der Waals surface area contributed by atoms with Gasteiger partial charge in [0.2, 0.25) is 0 Å². The number of fused-ring (bicyclic) bond motifs is 1. The first-order chi connectivity index (χ1) is 11.3. The van der Waals surface area contributed by atoms with Gasteiger partial charge in [-0.25, -0.2) is 4.39 Å². The fourth-order valence-corrected chi connectivity index (χ4v) is 2.43. The molecule has 1 aromatic carbocycles. The highest BCUT2D eigenvalue weighted by atomic mass is 19.1. The molecule has 0 saturated carbocycles. The molecule has 2 aromatic rings. The van der Waals surface area contributed by atoms with Crippen molar-refractivity contribution in [1.29, 1.82) is 0 Å². The van der Waals surface area contributed by atoms with Gasteiger partial charge in [0.15, 0.2) is 5.82 Å². The average Bonchev–Trinajstić information content (AvgIpc) is 2.56. The Labute approximate surface area is 146 Å². The summed E-state index contributed by atoms with van der Waals surface area (Å²) in [5.41, 5.74) is 1.95. The number of unbranched alkanes of at least 4 members (excludes halogenated alkanes) is 1. The zero-order chi connectivity index (χ0) is 18.3. The predicted molar refractivity (Wildman–Crippen MR) is 102 cm³/mol. The molecule has 0 aliphatic heterocycles. The van der Waals surface area contributed by atoms with Crippen molar-refractivity contribution in [3.8, 4) is 0 Å². The maximum Gasteiger partial charge on any atom is 0.156 e. The quantitative estimate of drug-likeness (QED) is 0.725. The topological polar surface area (TPSA) is 37.8 Å². The lowest BCUT2D eigenvalue weighted by molar-refractivity contribution is 0.311. The molecule has 1 aromatic heterocycles. The Balaban J connectivity index is 0.000000277. The molecule has 0 radical (unpaired) electrons. The van der Waals surface area contributed by atoms with Crippen molar-refractivity contribution < 1.29 is 4.39 Å². The molecule has 0 spiro atoms. The van der Waals surface area contributed by atoms with E-state index in [4.69, 9.17) is 0 Å². The number of nitrogens with zero attached hydrogens (tertiary/aromatic N) is 2. The van der Waals surface area contributed by atoms with Crippen LogP contribution in [-0.4, -0.2) is 17.2 Å². The lowest BCUT2D eigenvalue weighted by Gasteiger charge is -2.21. The first-order valence-corrected chi connectivity index (χ1v) is 8.86. The molecule has 0 atom stereocenters. The van der Waals surface area contributed by atoms with Gasteiger partial charge < -0.3 is 5.32 Å². The highest BCUT2D eigenvalue weighted by Crippen LogP contribution is 2.26. The third kappa shape index (κ3) is 5.43. The van der Waals surface area contributed by atoms with E-state index in [9.17, 15) is 4.39 Å². The van der Waals surface area contributed by atoms with Crippen LogP contribution in [-0.2, 0) is 0 Å². The van der Waals surface area contributed by atoms with Crippen LogP contribution in [0.15, 0.2) is 12.1 Å². The summed E-state index contributed by atoms with van der Waals surface area (Å²) in [6, 6.07) is 3.30. The maximum atomic E-state index is 13.4. The van der Waals surface area contributed by atoms with Crippen molar-refractivity contribution in [2.24, 2.45) is 5.41 Å². The van der Waals surface area contributed by atoms with Crippen LogP contribution in [0.2, 0.25) is 0 Å². The molecule has 0 aliphatic carbocycles.